The number of ether oxygens (including phenoxy) is 3. The van der Waals surface area contributed by atoms with Crippen molar-refractivity contribution in [3.05, 3.63) is 67.0 Å². The van der Waals surface area contributed by atoms with E-state index in [9.17, 15) is 0 Å². The van der Waals surface area contributed by atoms with Crippen LogP contribution in [0.3, 0.4) is 0 Å². The zero-order valence-electron chi connectivity index (χ0n) is 17.6. The molecule has 2 heterocycles. The molecule has 0 spiro atoms. The van der Waals surface area contributed by atoms with Crippen LogP contribution < -0.4 is 4.74 Å². The van der Waals surface area contributed by atoms with E-state index in [0.717, 1.165) is 38.9 Å². The van der Waals surface area contributed by atoms with Crippen molar-refractivity contribution in [1.82, 2.24) is 0 Å². The van der Waals surface area contributed by atoms with E-state index in [-0.39, 0.29) is 6.29 Å². The van der Waals surface area contributed by atoms with E-state index >= 15 is 0 Å². The normalized spacial score (nSPS) is 17.5. The van der Waals surface area contributed by atoms with Crippen molar-refractivity contribution >= 4 is 45.2 Å². The van der Waals surface area contributed by atoms with Gasteiger partial charge in [-0.05, 0) is 126 Å². The Hall–Kier alpha value is -1.00. The number of aryl methyl sites for hydroxylation is 2. The van der Waals surface area contributed by atoms with Crippen LogP contribution in [0.4, 0.5) is 0 Å². The molecule has 2 aliphatic rings. The van der Waals surface area contributed by atoms with Crippen molar-refractivity contribution in [2.75, 3.05) is 13.2 Å². The molecule has 0 amide bonds. The second-order valence-electron chi connectivity index (χ2n) is 7.19. The van der Waals surface area contributed by atoms with E-state index in [2.05, 4.69) is 64.2 Å². The molecule has 1 atom stereocenters. The highest BCUT2D eigenvalue weighted by Crippen LogP contribution is 2.25. The van der Waals surface area contributed by atoms with Crippen LogP contribution in [0.5, 0.6) is 11.5 Å². The lowest BCUT2D eigenvalue weighted by atomic mass is 10.2. The number of phenols is 1. The van der Waals surface area contributed by atoms with Gasteiger partial charge in [0.2, 0.25) is 0 Å². The first kappa shape index (κ1) is 25.3. The Morgan fingerprint density at radius 2 is 1.67 bits per heavy atom. The number of benzene rings is 2. The highest BCUT2D eigenvalue weighted by molar-refractivity contribution is 14.1. The molecule has 1 N–H and O–H groups in total. The second kappa shape index (κ2) is 14.1. The summed E-state index contributed by atoms with van der Waals surface area (Å²) in [5.74, 6) is 1.30. The van der Waals surface area contributed by atoms with E-state index in [0.29, 0.717) is 5.75 Å². The average Bonchev–Trinajstić information content (AvgIpc) is 2.76. The Kier molecular flexibility index (Phi) is 11.9. The van der Waals surface area contributed by atoms with Gasteiger partial charge in [0.1, 0.15) is 11.5 Å². The number of hydrogen-bond donors (Lipinski definition) is 1. The molecule has 2 aromatic carbocycles. The van der Waals surface area contributed by atoms with E-state index in [1.807, 2.05) is 31.2 Å². The summed E-state index contributed by atoms with van der Waals surface area (Å²) < 4.78 is 18.3. The largest absolute Gasteiger partial charge is 0.507 e. The molecule has 0 aliphatic carbocycles. The first-order valence-corrected chi connectivity index (χ1v) is 12.4. The molecule has 2 aliphatic heterocycles. The summed E-state index contributed by atoms with van der Waals surface area (Å²) in [7, 11) is 0. The van der Waals surface area contributed by atoms with Gasteiger partial charge in [-0.25, -0.2) is 0 Å². The fourth-order valence-electron chi connectivity index (χ4n) is 2.75. The first-order chi connectivity index (χ1) is 14.5. The maximum absolute atomic E-state index is 9.04. The quantitative estimate of drug-likeness (QED) is 0.357. The van der Waals surface area contributed by atoms with Gasteiger partial charge in [0.15, 0.2) is 6.29 Å². The molecule has 0 radical (unpaired) electrons. The van der Waals surface area contributed by atoms with E-state index < -0.39 is 0 Å². The van der Waals surface area contributed by atoms with Gasteiger partial charge in [-0.1, -0.05) is 12.1 Å². The molecule has 6 heteroatoms. The van der Waals surface area contributed by atoms with Gasteiger partial charge < -0.3 is 19.3 Å². The molecule has 0 aromatic heterocycles. The smallest absolute Gasteiger partial charge is 0.199 e. The summed E-state index contributed by atoms with van der Waals surface area (Å²) in [6.07, 6.45) is 9.51. The molecule has 1 saturated heterocycles. The topological polar surface area (TPSA) is 47.9 Å². The van der Waals surface area contributed by atoms with Crippen LogP contribution in [0, 0.1) is 21.0 Å². The van der Waals surface area contributed by atoms with Crippen LogP contribution in [0.15, 0.2) is 48.7 Å². The third-order valence-corrected chi connectivity index (χ3v) is 6.12. The second-order valence-corrected chi connectivity index (χ2v) is 9.51. The van der Waals surface area contributed by atoms with Crippen molar-refractivity contribution < 1.29 is 19.3 Å². The van der Waals surface area contributed by atoms with E-state index in [1.165, 1.54) is 30.4 Å². The van der Waals surface area contributed by atoms with Crippen LogP contribution in [0.2, 0.25) is 0 Å². The van der Waals surface area contributed by atoms with Crippen LogP contribution in [-0.2, 0) is 9.47 Å². The maximum Gasteiger partial charge on any atom is 0.199 e. The minimum atomic E-state index is -0.0463. The summed E-state index contributed by atoms with van der Waals surface area (Å²) in [4.78, 5) is 0. The SMILES string of the molecule is C1=COCCC1.Cc1ccc(O)c(I)c1.Cc1ccc(OC2CCCCO2)c(I)c1. The van der Waals surface area contributed by atoms with Gasteiger partial charge in [-0.3, -0.25) is 0 Å². The number of aromatic hydroxyl groups is 1. The van der Waals surface area contributed by atoms with Crippen molar-refractivity contribution in [3.63, 3.8) is 0 Å². The monoisotopic (exact) mass is 636 g/mol. The Bertz CT molecular complexity index is 794. The first-order valence-electron chi connectivity index (χ1n) is 10.2. The molecule has 1 fully saturated rings. The summed E-state index contributed by atoms with van der Waals surface area (Å²) >= 11 is 4.40. The highest BCUT2D eigenvalue weighted by Gasteiger charge is 2.16. The van der Waals surface area contributed by atoms with Crippen molar-refractivity contribution in [3.8, 4) is 11.5 Å². The predicted molar refractivity (Wildman–Crippen MR) is 138 cm³/mol. The van der Waals surface area contributed by atoms with Gasteiger partial charge in [-0.15, -0.1) is 0 Å². The molecule has 30 heavy (non-hydrogen) atoms. The molecular formula is C24H30I2O4. The van der Waals surface area contributed by atoms with Gasteiger partial charge in [0.05, 0.1) is 26.6 Å². The van der Waals surface area contributed by atoms with Crippen LogP contribution in [0.25, 0.3) is 0 Å². The molecule has 4 rings (SSSR count). The molecule has 164 valence electrons. The van der Waals surface area contributed by atoms with Gasteiger partial charge in [0.25, 0.3) is 0 Å². The lowest BCUT2D eigenvalue weighted by Gasteiger charge is -2.24. The summed E-state index contributed by atoms with van der Waals surface area (Å²) in [6, 6.07) is 11.7. The van der Waals surface area contributed by atoms with Crippen molar-refractivity contribution in [2.24, 2.45) is 0 Å². The van der Waals surface area contributed by atoms with Crippen LogP contribution in [0.1, 0.15) is 43.2 Å². The fourth-order valence-corrected chi connectivity index (χ4v) is 4.22. The van der Waals surface area contributed by atoms with Crippen molar-refractivity contribution in [1.29, 1.82) is 0 Å². The number of allylic oxidation sites excluding steroid dienone is 1. The van der Waals surface area contributed by atoms with E-state index in [4.69, 9.17) is 19.3 Å². The third-order valence-electron chi connectivity index (χ3n) is 4.41. The summed E-state index contributed by atoms with van der Waals surface area (Å²) in [6.45, 7) is 5.83. The minimum absolute atomic E-state index is 0.0463. The molecule has 2 aromatic rings. The number of halogens is 2. The summed E-state index contributed by atoms with van der Waals surface area (Å²) in [5, 5.41) is 9.04. The molecule has 4 nitrogen and oxygen atoms in total. The average molecular weight is 636 g/mol. The molecule has 1 unspecified atom stereocenters. The number of rotatable bonds is 2. The predicted octanol–water partition coefficient (Wildman–Crippen LogP) is 7.12. The highest BCUT2D eigenvalue weighted by atomic mass is 127. The van der Waals surface area contributed by atoms with Crippen LogP contribution in [-0.4, -0.2) is 24.6 Å². The van der Waals surface area contributed by atoms with E-state index in [1.54, 1.807) is 12.3 Å². The number of phenolic OH excluding ortho intramolecular Hbond substituents is 1. The zero-order valence-corrected chi connectivity index (χ0v) is 21.9. The molecular weight excluding hydrogens is 606 g/mol. The van der Waals surface area contributed by atoms with Crippen molar-refractivity contribution in [2.45, 2.75) is 52.2 Å². The number of hydrogen-bond acceptors (Lipinski definition) is 4. The lowest BCUT2D eigenvalue weighted by Crippen LogP contribution is -2.25. The zero-order chi connectivity index (χ0) is 21.8. The summed E-state index contributed by atoms with van der Waals surface area (Å²) in [5.41, 5.74) is 2.44. The molecule has 0 saturated carbocycles. The van der Waals surface area contributed by atoms with Gasteiger partial charge >= 0.3 is 0 Å². The van der Waals surface area contributed by atoms with Crippen LogP contribution >= 0.6 is 45.2 Å². The minimum Gasteiger partial charge on any atom is -0.507 e. The Morgan fingerprint density at radius 3 is 2.13 bits per heavy atom. The standard InChI is InChI=1S/C12H15IO2.C7H7IO.C5H8O/c1-9-5-6-11(10(13)8-9)15-12-4-2-3-7-14-12;1-5-2-3-7(9)6(8)4-5;1-2-4-6-5-3-1/h5-6,8,12H,2-4,7H2,1H3;2-4,9H,1H3;2,4H,1,3,5H2. The third kappa shape index (κ3) is 9.87. The fraction of sp³-hybridized carbons (Fsp3) is 0.417. The maximum atomic E-state index is 9.04. The van der Waals surface area contributed by atoms with Gasteiger partial charge in [0, 0.05) is 6.42 Å². The Labute approximate surface area is 207 Å². The lowest BCUT2D eigenvalue weighted by molar-refractivity contribution is -0.106. The van der Waals surface area contributed by atoms with Gasteiger partial charge in [-0.2, -0.15) is 0 Å². The Balaban J connectivity index is 0.000000180. The Morgan fingerprint density at radius 1 is 0.933 bits per heavy atom. The molecule has 0 bridgehead atoms.